The quantitative estimate of drug-likeness (QED) is 0.596. The van der Waals surface area contributed by atoms with Gasteiger partial charge in [0.25, 0.3) is 0 Å². The van der Waals surface area contributed by atoms with E-state index in [1.54, 1.807) is 18.6 Å². The van der Waals surface area contributed by atoms with Crippen LogP contribution in [0, 0.1) is 0 Å². The molecule has 0 spiro atoms. The molecule has 4 aromatic rings. The molecule has 126 valence electrons. The normalized spacial score (nSPS) is 10.6. The van der Waals surface area contributed by atoms with Crippen LogP contribution in [-0.2, 0) is 11.2 Å². The molecule has 0 atom stereocenters. The average Bonchev–Trinajstić information content (AvgIpc) is 2.69. The first-order chi connectivity index (χ1) is 12.8. The smallest absolute Gasteiger partial charge is 0.229 e. The zero-order valence-corrected chi connectivity index (χ0v) is 14.1. The molecule has 1 amide bonds. The van der Waals surface area contributed by atoms with E-state index in [0.29, 0.717) is 12.2 Å². The van der Waals surface area contributed by atoms with Gasteiger partial charge in [0.1, 0.15) is 5.82 Å². The monoisotopic (exact) mass is 339 g/mol. The third-order valence-electron chi connectivity index (χ3n) is 4.23. The van der Waals surface area contributed by atoms with Crippen molar-refractivity contribution in [2.45, 2.75) is 6.42 Å². The van der Waals surface area contributed by atoms with Crippen molar-refractivity contribution in [3.63, 3.8) is 0 Å². The summed E-state index contributed by atoms with van der Waals surface area (Å²) in [6, 6.07) is 21.8. The third-order valence-corrected chi connectivity index (χ3v) is 4.23. The molecule has 0 radical (unpaired) electrons. The van der Waals surface area contributed by atoms with E-state index in [1.807, 2.05) is 66.7 Å². The summed E-state index contributed by atoms with van der Waals surface area (Å²) in [5, 5.41) is 4.98. The summed E-state index contributed by atoms with van der Waals surface area (Å²) in [5.74, 6) is 0.492. The second kappa shape index (κ2) is 7.15. The second-order valence-corrected chi connectivity index (χ2v) is 6.07. The Bertz CT molecular complexity index is 1040. The van der Waals surface area contributed by atoms with Crippen LogP contribution in [0.25, 0.3) is 21.9 Å². The Balaban J connectivity index is 1.44. The highest BCUT2D eigenvalue weighted by Gasteiger charge is 2.06. The van der Waals surface area contributed by atoms with E-state index in [0.717, 1.165) is 27.5 Å². The summed E-state index contributed by atoms with van der Waals surface area (Å²) in [6.45, 7) is 0. The van der Waals surface area contributed by atoms with Crippen LogP contribution in [-0.4, -0.2) is 15.9 Å². The van der Waals surface area contributed by atoms with Gasteiger partial charge in [0.15, 0.2) is 0 Å². The van der Waals surface area contributed by atoms with Gasteiger partial charge in [-0.15, -0.1) is 0 Å². The van der Waals surface area contributed by atoms with Gasteiger partial charge in [-0.1, -0.05) is 48.5 Å². The molecule has 0 bridgehead atoms. The number of carbonyl (C=O) groups is 1. The van der Waals surface area contributed by atoms with E-state index >= 15 is 0 Å². The first-order valence-corrected chi connectivity index (χ1v) is 8.42. The maximum absolute atomic E-state index is 12.3. The van der Waals surface area contributed by atoms with Crippen molar-refractivity contribution >= 4 is 22.5 Å². The summed E-state index contributed by atoms with van der Waals surface area (Å²) in [6.07, 6.45) is 5.63. The van der Waals surface area contributed by atoms with Gasteiger partial charge < -0.3 is 5.32 Å². The van der Waals surface area contributed by atoms with Crippen molar-refractivity contribution in [2.24, 2.45) is 0 Å². The zero-order chi connectivity index (χ0) is 17.8. The first-order valence-electron chi connectivity index (χ1n) is 8.42. The Labute approximate surface area is 151 Å². The van der Waals surface area contributed by atoms with Crippen molar-refractivity contribution < 1.29 is 4.79 Å². The van der Waals surface area contributed by atoms with Crippen molar-refractivity contribution in [1.29, 1.82) is 0 Å². The summed E-state index contributed by atoms with van der Waals surface area (Å²) >= 11 is 0. The number of carbonyl (C=O) groups excluding carboxylic acids is 1. The Morgan fingerprint density at radius 3 is 2.31 bits per heavy atom. The number of nitrogens with zero attached hydrogens (tertiary/aromatic N) is 2. The molecule has 0 saturated carbocycles. The maximum atomic E-state index is 12.3. The number of hydrogen-bond donors (Lipinski definition) is 1. The number of anilines is 1. The van der Waals surface area contributed by atoms with Crippen LogP contribution >= 0.6 is 0 Å². The molecule has 4 nitrogen and oxygen atoms in total. The van der Waals surface area contributed by atoms with Gasteiger partial charge >= 0.3 is 0 Å². The lowest BCUT2D eigenvalue weighted by Gasteiger charge is -2.07. The van der Waals surface area contributed by atoms with Crippen LogP contribution in [0.1, 0.15) is 5.56 Å². The molecule has 0 unspecified atom stereocenters. The lowest BCUT2D eigenvalue weighted by atomic mass is 10.0. The molecule has 1 N–H and O–H groups in total. The predicted octanol–water partition coefficient (Wildman–Crippen LogP) is 4.48. The highest BCUT2D eigenvalue weighted by atomic mass is 16.1. The highest BCUT2D eigenvalue weighted by Crippen LogP contribution is 2.19. The van der Waals surface area contributed by atoms with Crippen molar-refractivity contribution in [3.8, 4) is 11.1 Å². The number of fused-ring (bicyclic) bond motifs is 1. The minimum Gasteiger partial charge on any atom is -0.310 e. The molecule has 0 fully saturated rings. The van der Waals surface area contributed by atoms with Crippen molar-refractivity contribution in [1.82, 2.24) is 9.97 Å². The number of pyridine rings is 2. The highest BCUT2D eigenvalue weighted by molar-refractivity contribution is 5.93. The largest absolute Gasteiger partial charge is 0.310 e. The molecule has 0 saturated heterocycles. The van der Waals surface area contributed by atoms with E-state index in [4.69, 9.17) is 0 Å². The SMILES string of the molecule is O=C(Cc1ccc(-c2ccncc2)cc1)Nc1cc2ccccc2cn1. The van der Waals surface area contributed by atoms with E-state index < -0.39 is 0 Å². The standard InChI is InChI=1S/C22H17N3O/c26-22(25-21-14-19-3-1-2-4-20(19)15-24-21)13-16-5-7-17(8-6-16)18-9-11-23-12-10-18/h1-12,14-15H,13H2,(H,24,25,26). The van der Waals surface area contributed by atoms with Gasteiger partial charge in [0.2, 0.25) is 5.91 Å². The van der Waals surface area contributed by atoms with Crippen LogP contribution in [0.4, 0.5) is 5.82 Å². The molecule has 2 aromatic carbocycles. The van der Waals surface area contributed by atoms with Crippen LogP contribution in [0.5, 0.6) is 0 Å². The van der Waals surface area contributed by atoms with E-state index in [9.17, 15) is 4.79 Å². The Morgan fingerprint density at radius 1 is 0.846 bits per heavy atom. The van der Waals surface area contributed by atoms with Gasteiger partial charge in [0.05, 0.1) is 6.42 Å². The fraction of sp³-hybridized carbons (Fsp3) is 0.0455. The summed E-state index contributed by atoms with van der Waals surface area (Å²) in [4.78, 5) is 20.6. The molecule has 2 aromatic heterocycles. The predicted molar refractivity (Wildman–Crippen MR) is 104 cm³/mol. The molecule has 0 aliphatic rings. The van der Waals surface area contributed by atoms with Gasteiger partial charge in [-0.25, -0.2) is 4.98 Å². The topological polar surface area (TPSA) is 54.9 Å². The molecular weight excluding hydrogens is 322 g/mol. The van der Waals surface area contributed by atoms with Crippen LogP contribution in [0.15, 0.2) is 85.3 Å². The zero-order valence-electron chi connectivity index (χ0n) is 14.1. The lowest BCUT2D eigenvalue weighted by Crippen LogP contribution is -2.15. The van der Waals surface area contributed by atoms with Crippen LogP contribution < -0.4 is 5.32 Å². The van der Waals surface area contributed by atoms with Crippen molar-refractivity contribution in [3.05, 3.63) is 90.9 Å². The van der Waals surface area contributed by atoms with E-state index in [2.05, 4.69) is 15.3 Å². The minimum absolute atomic E-state index is 0.0792. The van der Waals surface area contributed by atoms with Crippen LogP contribution in [0.3, 0.4) is 0 Å². The van der Waals surface area contributed by atoms with Gasteiger partial charge in [-0.3, -0.25) is 9.78 Å². The van der Waals surface area contributed by atoms with Crippen LogP contribution in [0.2, 0.25) is 0 Å². The molecule has 0 aliphatic carbocycles. The molecule has 0 aliphatic heterocycles. The Kier molecular flexibility index (Phi) is 4.39. The van der Waals surface area contributed by atoms with Gasteiger partial charge in [-0.2, -0.15) is 0 Å². The fourth-order valence-electron chi connectivity index (χ4n) is 2.88. The number of rotatable bonds is 4. The lowest BCUT2D eigenvalue weighted by molar-refractivity contribution is -0.115. The number of hydrogen-bond acceptors (Lipinski definition) is 3. The van der Waals surface area contributed by atoms with Gasteiger partial charge in [-0.05, 0) is 40.3 Å². The number of aromatic nitrogens is 2. The second-order valence-electron chi connectivity index (χ2n) is 6.07. The van der Waals surface area contributed by atoms with E-state index in [-0.39, 0.29) is 5.91 Å². The first kappa shape index (κ1) is 16.0. The van der Waals surface area contributed by atoms with Crippen molar-refractivity contribution in [2.75, 3.05) is 5.32 Å². The summed E-state index contributed by atoms with van der Waals surface area (Å²) < 4.78 is 0. The Morgan fingerprint density at radius 2 is 1.54 bits per heavy atom. The summed E-state index contributed by atoms with van der Waals surface area (Å²) in [7, 11) is 0. The maximum Gasteiger partial charge on any atom is 0.229 e. The number of benzene rings is 2. The average molecular weight is 339 g/mol. The third kappa shape index (κ3) is 3.59. The van der Waals surface area contributed by atoms with E-state index in [1.165, 1.54) is 0 Å². The molecule has 4 heteroatoms. The Hall–Kier alpha value is -3.53. The number of amides is 1. The molecule has 4 rings (SSSR count). The number of nitrogens with one attached hydrogen (secondary N) is 1. The fourth-order valence-corrected chi connectivity index (χ4v) is 2.88. The molecule has 26 heavy (non-hydrogen) atoms. The molecular formula is C22H17N3O. The molecule has 2 heterocycles. The van der Waals surface area contributed by atoms with Gasteiger partial charge in [0, 0.05) is 24.0 Å². The minimum atomic E-state index is -0.0792. The summed E-state index contributed by atoms with van der Waals surface area (Å²) in [5.41, 5.74) is 3.17.